The highest BCUT2D eigenvalue weighted by Crippen LogP contribution is 2.27. The van der Waals surface area contributed by atoms with Crippen molar-refractivity contribution in [1.82, 2.24) is 5.32 Å². The topological polar surface area (TPSA) is 12.0 Å². The Hall–Kier alpha value is -0.0400. The minimum atomic E-state index is 0.744. The first kappa shape index (κ1) is 12.0. The van der Waals surface area contributed by atoms with Gasteiger partial charge in [0.25, 0.3) is 0 Å². The molecule has 0 aromatic heterocycles. The second-order valence-corrected chi connectivity index (χ2v) is 4.89. The highest BCUT2D eigenvalue weighted by molar-refractivity contribution is 4.80. The van der Waals surface area contributed by atoms with Crippen LogP contribution < -0.4 is 5.32 Å². The molecule has 0 aromatic carbocycles. The van der Waals surface area contributed by atoms with Crippen LogP contribution in [0.2, 0.25) is 0 Å². The van der Waals surface area contributed by atoms with Gasteiger partial charge in [-0.05, 0) is 38.5 Å². The van der Waals surface area contributed by atoms with Gasteiger partial charge in [0.05, 0.1) is 0 Å². The van der Waals surface area contributed by atoms with Gasteiger partial charge in [-0.1, -0.05) is 33.1 Å². The second kappa shape index (κ2) is 6.44. The van der Waals surface area contributed by atoms with Crippen molar-refractivity contribution >= 4 is 0 Å². The predicted molar refractivity (Wildman–Crippen MR) is 63.5 cm³/mol. The third-order valence-corrected chi connectivity index (χ3v) is 3.74. The molecule has 1 rings (SSSR count). The summed E-state index contributed by atoms with van der Waals surface area (Å²) in [6, 6.07) is 1.50. The monoisotopic (exact) mass is 197 g/mol. The van der Waals surface area contributed by atoms with Gasteiger partial charge in [0.15, 0.2) is 0 Å². The lowest BCUT2D eigenvalue weighted by Gasteiger charge is -2.26. The average molecular weight is 197 g/mol. The third-order valence-electron chi connectivity index (χ3n) is 3.74. The molecule has 1 unspecified atom stereocenters. The molecule has 2 atom stereocenters. The molecule has 0 radical (unpaired) electrons. The largest absolute Gasteiger partial charge is 0.311 e. The molecule has 1 aliphatic carbocycles. The van der Waals surface area contributed by atoms with E-state index in [2.05, 4.69) is 26.1 Å². The van der Waals surface area contributed by atoms with Crippen LogP contribution in [0.5, 0.6) is 0 Å². The van der Waals surface area contributed by atoms with Crippen molar-refractivity contribution in [3.05, 3.63) is 0 Å². The van der Waals surface area contributed by atoms with Crippen LogP contribution in [-0.2, 0) is 0 Å². The zero-order chi connectivity index (χ0) is 10.4. The molecule has 0 amide bonds. The average Bonchev–Trinajstić information content (AvgIpc) is 2.69. The molecule has 0 bridgehead atoms. The lowest BCUT2D eigenvalue weighted by Crippen LogP contribution is -2.39. The minimum Gasteiger partial charge on any atom is -0.311 e. The van der Waals surface area contributed by atoms with E-state index in [4.69, 9.17) is 0 Å². The van der Waals surface area contributed by atoms with E-state index in [1.54, 1.807) is 0 Å². The molecule has 1 fully saturated rings. The van der Waals surface area contributed by atoms with E-state index in [-0.39, 0.29) is 0 Å². The minimum absolute atomic E-state index is 0.744. The summed E-state index contributed by atoms with van der Waals surface area (Å²) in [5.74, 6) is 0.959. The number of hydrogen-bond acceptors (Lipinski definition) is 1. The standard InChI is InChI=1S/C13H27N/c1-4-8-13(5-2)14-11(3)12-9-6-7-10-12/h11-14H,4-10H2,1-3H3/t11-,13?/m0/s1. The molecule has 0 spiro atoms. The Morgan fingerprint density at radius 1 is 1.21 bits per heavy atom. The Balaban J connectivity index is 2.25. The highest BCUT2D eigenvalue weighted by Gasteiger charge is 2.22. The van der Waals surface area contributed by atoms with E-state index in [9.17, 15) is 0 Å². The Bertz CT molecular complexity index is 138. The Morgan fingerprint density at radius 3 is 2.36 bits per heavy atom. The van der Waals surface area contributed by atoms with E-state index in [1.165, 1.54) is 44.9 Å². The second-order valence-electron chi connectivity index (χ2n) is 4.89. The van der Waals surface area contributed by atoms with Gasteiger partial charge < -0.3 is 5.32 Å². The highest BCUT2D eigenvalue weighted by atomic mass is 14.9. The van der Waals surface area contributed by atoms with Crippen LogP contribution in [0.15, 0.2) is 0 Å². The smallest absolute Gasteiger partial charge is 0.00695 e. The van der Waals surface area contributed by atoms with E-state index < -0.39 is 0 Å². The van der Waals surface area contributed by atoms with E-state index in [0.29, 0.717) is 0 Å². The molecule has 84 valence electrons. The molecule has 1 aliphatic rings. The van der Waals surface area contributed by atoms with Gasteiger partial charge in [0.1, 0.15) is 0 Å². The fraction of sp³-hybridized carbons (Fsp3) is 1.00. The van der Waals surface area contributed by atoms with Crippen molar-refractivity contribution in [2.24, 2.45) is 5.92 Å². The van der Waals surface area contributed by atoms with Gasteiger partial charge in [-0.25, -0.2) is 0 Å². The van der Waals surface area contributed by atoms with Crippen molar-refractivity contribution in [3.63, 3.8) is 0 Å². The molecule has 1 N–H and O–H groups in total. The third kappa shape index (κ3) is 3.61. The van der Waals surface area contributed by atoms with E-state index in [0.717, 1.165) is 18.0 Å². The first-order chi connectivity index (χ1) is 6.77. The summed E-state index contributed by atoms with van der Waals surface area (Å²) >= 11 is 0. The molecule has 1 saturated carbocycles. The molecule has 0 heterocycles. The van der Waals surface area contributed by atoms with Crippen molar-refractivity contribution < 1.29 is 0 Å². The number of rotatable bonds is 6. The quantitative estimate of drug-likeness (QED) is 0.684. The fourth-order valence-corrected chi connectivity index (χ4v) is 2.72. The Kier molecular flexibility index (Phi) is 5.54. The van der Waals surface area contributed by atoms with Crippen LogP contribution in [0.25, 0.3) is 0 Å². The van der Waals surface area contributed by atoms with Crippen LogP contribution >= 0.6 is 0 Å². The van der Waals surface area contributed by atoms with Gasteiger partial charge in [-0.2, -0.15) is 0 Å². The normalized spacial score (nSPS) is 22.5. The molecular formula is C13H27N. The maximum absolute atomic E-state index is 3.81. The Morgan fingerprint density at radius 2 is 1.86 bits per heavy atom. The molecule has 0 aliphatic heterocycles. The summed E-state index contributed by atoms with van der Waals surface area (Å²) in [6.45, 7) is 6.97. The summed E-state index contributed by atoms with van der Waals surface area (Å²) < 4.78 is 0. The lowest BCUT2D eigenvalue weighted by atomic mass is 9.97. The van der Waals surface area contributed by atoms with Gasteiger partial charge >= 0.3 is 0 Å². The van der Waals surface area contributed by atoms with E-state index in [1.807, 2.05) is 0 Å². The molecule has 1 heteroatoms. The maximum atomic E-state index is 3.81. The molecule has 0 saturated heterocycles. The van der Waals surface area contributed by atoms with Crippen molar-refractivity contribution in [1.29, 1.82) is 0 Å². The van der Waals surface area contributed by atoms with Gasteiger partial charge in [-0.3, -0.25) is 0 Å². The first-order valence-corrected chi connectivity index (χ1v) is 6.54. The summed E-state index contributed by atoms with van der Waals surface area (Å²) in [4.78, 5) is 0. The van der Waals surface area contributed by atoms with Crippen LogP contribution in [0.4, 0.5) is 0 Å². The number of nitrogens with one attached hydrogen (secondary N) is 1. The molecular weight excluding hydrogens is 170 g/mol. The zero-order valence-corrected chi connectivity index (χ0v) is 10.2. The predicted octanol–water partition coefficient (Wildman–Crippen LogP) is 3.73. The van der Waals surface area contributed by atoms with Crippen LogP contribution in [0.1, 0.15) is 65.7 Å². The molecule has 0 aromatic rings. The van der Waals surface area contributed by atoms with Crippen LogP contribution in [0, 0.1) is 5.92 Å². The Labute approximate surface area is 89.7 Å². The summed E-state index contributed by atoms with van der Waals surface area (Å²) in [5.41, 5.74) is 0. The van der Waals surface area contributed by atoms with Gasteiger partial charge in [-0.15, -0.1) is 0 Å². The summed E-state index contributed by atoms with van der Waals surface area (Å²) in [5, 5.41) is 3.81. The summed E-state index contributed by atoms with van der Waals surface area (Å²) in [7, 11) is 0. The maximum Gasteiger partial charge on any atom is 0.00695 e. The van der Waals surface area contributed by atoms with Gasteiger partial charge in [0.2, 0.25) is 0 Å². The zero-order valence-electron chi connectivity index (χ0n) is 10.2. The number of hydrogen-bond donors (Lipinski definition) is 1. The summed E-state index contributed by atoms with van der Waals surface area (Å²) in [6.07, 6.45) is 9.76. The van der Waals surface area contributed by atoms with Crippen molar-refractivity contribution in [2.75, 3.05) is 0 Å². The molecule has 1 nitrogen and oxygen atoms in total. The van der Waals surface area contributed by atoms with Crippen molar-refractivity contribution in [3.8, 4) is 0 Å². The van der Waals surface area contributed by atoms with E-state index >= 15 is 0 Å². The van der Waals surface area contributed by atoms with Gasteiger partial charge in [0, 0.05) is 12.1 Å². The SMILES string of the molecule is CCCC(CC)N[C@@H](C)C1CCCC1. The lowest BCUT2D eigenvalue weighted by molar-refractivity contribution is 0.325. The van der Waals surface area contributed by atoms with Crippen LogP contribution in [0.3, 0.4) is 0 Å². The fourth-order valence-electron chi connectivity index (χ4n) is 2.72. The first-order valence-electron chi connectivity index (χ1n) is 6.54. The van der Waals surface area contributed by atoms with Crippen molar-refractivity contribution in [2.45, 2.75) is 77.8 Å². The molecule has 14 heavy (non-hydrogen) atoms. The van der Waals surface area contributed by atoms with Crippen LogP contribution in [-0.4, -0.2) is 12.1 Å².